The molecule has 0 aromatic rings. The van der Waals surface area contributed by atoms with Crippen LogP contribution >= 0.6 is 0 Å². The molecule has 0 heterocycles. The molecule has 0 bridgehead atoms. The number of aliphatic carboxylic acids is 1. The quantitative estimate of drug-likeness (QED) is 0.187. The minimum absolute atomic E-state index is 0. The summed E-state index contributed by atoms with van der Waals surface area (Å²) >= 11 is -2.86. The van der Waals surface area contributed by atoms with Crippen molar-refractivity contribution in [3.63, 3.8) is 0 Å². The first-order valence-corrected chi connectivity index (χ1v) is 10.5. The third-order valence-electron chi connectivity index (χ3n) is 3.98. The van der Waals surface area contributed by atoms with Crippen molar-refractivity contribution in [1.82, 2.24) is 0 Å². The van der Waals surface area contributed by atoms with Gasteiger partial charge < -0.3 is 19.0 Å². The van der Waals surface area contributed by atoms with Crippen LogP contribution in [0.5, 0.6) is 0 Å². The summed E-state index contributed by atoms with van der Waals surface area (Å²) in [5.41, 5.74) is 0. The fourth-order valence-electron chi connectivity index (χ4n) is 2.64. The maximum atomic E-state index is 10.2. The maximum absolute atomic E-state index is 10.2. The van der Waals surface area contributed by atoms with Crippen LogP contribution < -0.4 is 64.2 Å². The van der Waals surface area contributed by atoms with Gasteiger partial charge in [-0.3, -0.25) is 0 Å². The molecule has 0 aromatic carbocycles. The van der Waals surface area contributed by atoms with Crippen molar-refractivity contribution < 1.29 is 82.3 Å². The largest absolute Gasteiger partial charge is 1.00 e. The van der Waals surface area contributed by atoms with E-state index in [9.17, 15) is 9.90 Å². The summed E-state index contributed by atoms with van der Waals surface area (Å²) in [6, 6.07) is 0. The van der Waals surface area contributed by atoms with Gasteiger partial charge in [0, 0.05) is 5.97 Å². The molecular weight excluding hydrogens is 374 g/mol. The van der Waals surface area contributed by atoms with Gasteiger partial charge in [0.2, 0.25) is 0 Å². The Balaban J connectivity index is -0.000000363. The van der Waals surface area contributed by atoms with Crippen molar-refractivity contribution in [2.24, 2.45) is 0 Å². The van der Waals surface area contributed by atoms with Crippen molar-refractivity contribution in [1.29, 1.82) is 0 Å². The van der Waals surface area contributed by atoms with Crippen molar-refractivity contribution in [2.45, 2.75) is 110 Å². The summed E-state index contributed by atoms with van der Waals surface area (Å²) in [6.45, 7) is 2.27. The number of carboxylic acid groups (broad SMARTS) is 1. The zero-order chi connectivity index (χ0) is 18.5. The Morgan fingerprint density at radius 1 is 0.731 bits per heavy atom. The Labute approximate surface area is 207 Å². The van der Waals surface area contributed by atoms with E-state index in [0.29, 0.717) is 0 Å². The van der Waals surface area contributed by atoms with Crippen LogP contribution in [0.15, 0.2) is 0 Å². The molecule has 0 aromatic heterocycles. The predicted octanol–water partition coefficient (Wildman–Crippen LogP) is -1.66. The molecule has 0 fully saturated rings. The molecule has 0 saturated heterocycles. The first-order valence-electron chi connectivity index (χ1n) is 9.48. The first kappa shape index (κ1) is 35.0. The fourth-order valence-corrected chi connectivity index (χ4v) is 2.64. The molecule has 0 rings (SSSR count). The Bertz CT molecular complexity index is 291. The van der Waals surface area contributed by atoms with E-state index >= 15 is 0 Å². The predicted molar refractivity (Wildman–Crippen MR) is 96.1 cm³/mol. The van der Waals surface area contributed by atoms with Crippen LogP contribution in [0.25, 0.3) is 0 Å². The molecule has 26 heavy (non-hydrogen) atoms. The van der Waals surface area contributed by atoms with Gasteiger partial charge >= 0.3 is 59.1 Å². The van der Waals surface area contributed by atoms with Gasteiger partial charge in [0.25, 0.3) is 0 Å². The summed E-state index contributed by atoms with van der Waals surface area (Å²) < 4.78 is 24.1. The van der Waals surface area contributed by atoms with Crippen LogP contribution in [0.2, 0.25) is 0 Å². The third kappa shape index (κ3) is 44.7. The molecule has 1 N–H and O–H groups in total. The Kier molecular flexibility index (Phi) is 42.1. The number of carbonyl (C=O) groups excluding carboxylic acids is 1. The molecule has 1 unspecified atom stereocenters. The second kappa shape index (κ2) is 31.2. The summed E-state index contributed by atoms with van der Waals surface area (Å²) in [5, 5.41) is 10.2. The van der Waals surface area contributed by atoms with Gasteiger partial charge in [-0.05, 0) is 12.8 Å². The zero-order valence-corrected chi connectivity index (χ0v) is 22.1. The van der Waals surface area contributed by atoms with Crippen molar-refractivity contribution in [2.75, 3.05) is 0 Å². The topological polar surface area (TPSA) is 100 Å². The number of rotatable bonds is 16. The molecule has 8 heteroatoms. The van der Waals surface area contributed by atoms with E-state index in [1.807, 2.05) is 0 Å². The molecule has 0 aliphatic rings. The standard InChI is InChI=1S/C18H36O2.2Na.H2O3S/c1-2-3-4-5-6-7-8-9-10-11-12-13-14-15-16-17-18(19)20;;;1-4(2)3/h2-17H2,1H3,(H,19,20);;;(H2,1,2,3)/q;2*+1;/p-2. The average molecular weight is 411 g/mol. The molecule has 0 radical (unpaired) electrons. The van der Waals surface area contributed by atoms with Gasteiger partial charge in [-0.25, -0.2) is 4.21 Å². The van der Waals surface area contributed by atoms with Gasteiger partial charge in [0.15, 0.2) is 0 Å². The molecule has 0 spiro atoms. The molecule has 0 aliphatic heterocycles. The monoisotopic (exact) mass is 410 g/mol. The first-order chi connectivity index (χ1) is 11.5. The number of carbonyl (C=O) groups is 1. The Hall–Kier alpha value is 1.54. The van der Waals surface area contributed by atoms with Crippen molar-refractivity contribution in [3.8, 4) is 0 Å². The summed E-state index contributed by atoms with van der Waals surface area (Å²) in [7, 11) is 0. The van der Waals surface area contributed by atoms with Crippen LogP contribution in [0.1, 0.15) is 110 Å². The molecular formula is C18H36Na2O5S. The van der Waals surface area contributed by atoms with Gasteiger partial charge in [0.05, 0.1) is 11.4 Å². The number of hydrogen-bond acceptors (Lipinski definition) is 4. The van der Waals surface area contributed by atoms with Gasteiger partial charge in [-0.15, -0.1) is 0 Å². The Morgan fingerprint density at radius 2 is 0.962 bits per heavy atom. The molecule has 0 amide bonds. The third-order valence-corrected chi connectivity index (χ3v) is 3.98. The number of carboxylic acids is 1. The van der Waals surface area contributed by atoms with Crippen LogP contribution in [-0.4, -0.2) is 19.3 Å². The maximum Gasteiger partial charge on any atom is 1.00 e. The fraction of sp³-hybridized carbons (Fsp3) is 0.944. The summed E-state index contributed by atoms with van der Waals surface area (Å²) in [6.07, 6.45) is 19.9. The minimum atomic E-state index is -2.86. The molecule has 0 saturated carbocycles. The SMILES string of the molecule is CCCCCCCCCCCCCCCCCC(=O)[O-].O=S([O-])O.[Na+].[Na+]. The normalized spacial score (nSPS) is 10.7. The second-order valence-electron chi connectivity index (χ2n) is 6.29. The van der Waals surface area contributed by atoms with Crippen molar-refractivity contribution in [3.05, 3.63) is 0 Å². The molecule has 5 nitrogen and oxygen atoms in total. The van der Waals surface area contributed by atoms with E-state index in [0.717, 1.165) is 12.8 Å². The smallest absolute Gasteiger partial charge is 0.750 e. The number of unbranched alkanes of at least 4 members (excludes halogenated alkanes) is 14. The van der Waals surface area contributed by atoms with E-state index in [4.69, 9.17) is 13.3 Å². The average Bonchev–Trinajstić information content (AvgIpc) is 2.50. The van der Waals surface area contributed by atoms with Crippen molar-refractivity contribution >= 4 is 17.3 Å². The minimum Gasteiger partial charge on any atom is -0.750 e. The van der Waals surface area contributed by atoms with E-state index < -0.39 is 17.3 Å². The van der Waals surface area contributed by atoms with Crippen LogP contribution in [0.3, 0.4) is 0 Å². The van der Waals surface area contributed by atoms with E-state index in [2.05, 4.69) is 6.92 Å². The van der Waals surface area contributed by atoms with E-state index in [1.54, 1.807) is 0 Å². The molecule has 1 atom stereocenters. The number of hydrogen-bond donors (Lipinski definition) is 1. The van der Waals surface area contributed by atoms with Crippen LogP contribution in [0, 0.1) is 0 Å². The summed E-state index contributed by atoms with van der Waals surface area (Å²) in [4.78, 5) is 10.2. The van der Waals surface area contributed by atoms with E-state index in [-0.39, 0.29) is 65.5 Å². The van der Waals surface area contributed by atoms with Gasteiger partial charge in [0.1, 0.15) is 0 Å². The zero-order valence-electron chi connectivity index (χ0n) is 17.3. The van der Waals surface area contributed by atoms with Gasteiger partial charge in [-0.2, -0.15) is 0 Å². The van der Waals surface area contributed by atoms with E-state index in [1.165, 1.54) is 83.5 Å². The Morgan fingerprint density at radius 3 is 1.19 bits per heavy atom. The van der Waals surface area contributed by atoms with Crippen LogP contribution in [0.4, 0.5) is 0 Å². The summed E-state index contributed by atoms with van der Waals surface area (Å²) in [5.74, 6) is -0.903. The van der Waals surface area contributed by atoms with Crippen LogP contribution in [-0.2, 0) is 16.2 Å². The molecule has 146 valence electrons. The second-order valence-corrected chi connectivity index (χ2v) is 6.72. The molecule has 0 aliphatic carbocycles. The van der Waals surface area contributed by atoms with Gasteiger partial charge in [-0.1, -0.05) is 96.8 Å².